The fraction of sp³-hybridized carbons (Fsp3) is 0.923. The number of piperazine rings is 1. The highest BCUT2D eigenvalue weighted by atomic mass is 16.2. The number of nitrogens with one attached hydrogen (secondary N) is 2. The highest BCUT2D eigenvalue weighted by molar-refractivity contribution is 5.78. The summed E-state index contributed by atoms with van der Waals surface area (Å²) in [5, 5.41) is 6.67. The summed E-state index contributed by atoms with van der Waals surface area (Å²) in [4.78, 5) is 14.3. The number of hydrogen-bond donors (Lipinski definition) is 2. The number of carbonyl (C=O) groups is 1. The quantitative estimate of drug-likeness (QED) is 0.750. The average molecular weight is 237 g/mol. The minimum absolute atomic E-state index is 0.240. The average Bonchev–Trinajstić information content (AvgIpc) is 2.92. The van der Waals surface area contributed by atoms with Gasteiger partial charge in [0.2, 0.25) is 5.91 Å². The highest BCUT2D eigenvalue weighted by Gasteiger charge is 2.38. The van der Waals surface area contributed by atoms with Crippen molar-refractivity contribution in [1.29, 1.82) is 0 Å². The van der Waals surface area contributed by atoms with Gasteiger partial charge in [-0.2, -0.15) is 0 Å². The molecule has 3 fully saturated rings. The summed E-state index contributed by atoms with van der Waals surface area (Å²) in [5.74, 6) is 0.240. The molecule has 17 heavy (non-hydrogen) atoms. The maximum Gasteiger partial charge on any atom is 0.234 e. The van der Waals surface area contributed by atoms with Crippen LogP contribution in [0.15, 0.2) is 0 Å². The summed E-state index contributed by atoms with van der Waals surface area (Å²) in [6.07, 6.45) is 7.50. The number of nitrogens with zero attached hydrogens (tertiary/aromatic N) is 1. The lowest BCUT2D eigenvalue weighted by molar-refractivity contribution is -0.123. The van der Waals surface area contributed by atoms with Crippen molar-refractivity contribution >= 4 is 5.91 Å². The molecule has 4 heteroatoms. The maximum atomic E-state index is 12.0. The van der Waals surface area contributed by atoms with Crippen molar-refractivity contribution in [1.82, 2.24) is 15.5 Å². The summed E-state index contributed by atoms with van der Waals surface area (Å²) in [7, 11) is 0. The molecule has 96 valence electrons. The zero-order chi connectivity index (χ0) is 11.7. The van der Waals surface area contributed by atoms with Gasteiger partial charge >= 0.3 is 0 Å². The molecule has 2 aliphatic heterocycles. The fourth-order valence-corrected chi connectivity index (χ4v) is 3.55. The van der Waals surface area contributed by atoms with Gasteiger partial charge in [0, 0.05) is 31.2 Å². The smallest absolute Gasteiger partial charge is 0.234 e. The van der Waals surface area contributed by atoms with Crippen molar-refractivity contribution in [2.45, 2.75) is 56.7 Å². The first kappa shape index (κ1) is 11.5. The van der Waals surface area contributed by atoms with Crippen LogP contribution in [-0.4, -0.2) is 48.6 Å². The van der Waals surface area contributed by atoms with E-state index in [1.54, 1.807) is 0 Å². The van der Waals surface area contributed by atoms with Crippen LogP contribution >= 0.6 is 0 Å². The Morgan fingerprint density at radius 2 is 2.12 bits per heavy atom. The van der Waals surface area contributed by atoms with E-state index in [2.05, 4.69) is 15.5 Å². The topological polar surface area (TPSA) is 44.4 Å². The van der Waals surface area contributed by atoms with Crippen LogP contribution in [0.25, 0.3) is 0 Å². The molecule has 1 saturated carbocycles. The molecule has 0 radical (unpaired) electrons. The van der Waals surface area contributed by atoms with Crippen molar-refractivity contribution in [3.63, 3.8) is 0 Å². The first-order chi connectivity index (χ1) is 8.31. The van der Waals surface area contributed by atoms with Crippen LogP contribution in [0.5, 0.6) is 0 Å². The molecule has 2 N–H and O–H groups in total. The van der Waals surface area contributed by atoms with Gasteiger partial charge in [-0.3, -0.25) is 9.69 Å². The lowest BCUT2D eigenvalue weighted by Gasteiger charge is -2.28. The predicted octanol–water partition coefficient (Wildman–Crippen LogP) is 0.481. The Balaban J connectivity index is 1.44. The van der Waals surface area contributed by atoms with Crippen LogP contribution in [0, 0.1) is 0 Å². The molecular weight excluding hydrogens is 214 g/mol. The monoisotopic (exact) mass is 237 g/mol. The van der Waals surface area contributed by atoms with Crippen molar-refractivity contribution in [3.05, 3.63) is 0 Å². The van der Waals surface area contributed by atoms with Crippen LogP contribution < -0.4 is 10.6 Å². The van der Waals surface area contributed by atoms with E-state index in [4.69, 9.17) is 0 Å². The van der Waals surface area contributed by atoms with Crippen molar-refractivity contribution in [3.8, 4) is 0 Å². The number of fused-ring (bicyclic) bond motifs is 2. The third-order valence-corrected chi connectivity index (χ3v) is 4.49. The predicted molar refractivity (Wildman–Crippen MR) is 66.8 cm³/mol. The van der Waals surface area contributed by atoms with E-state index < -0.39 is 0 Å². The standard InChI is InChI=1S/C13H23N3O/c17-13(15-10-4-2-1-3-5-10)9-16-8-11-6-12(16)7-14-11/h10-12,14H,1-9H2,(H,15,17)/t11-,12+/m0/s1. The Morgan fingerprint density at radius 1 is 1.29 bits per heavy atom. The minimum atomic E-state index is 0.240. The minimum Gasteiger partial charge on any atom is -0.352 e. The first-order valence-corrected chi connectivity index (χ1v) is 7.08. The molecule has 2 saturated heterocycles. The Bertz CT molecular complexity index is 288. The van der Waals surface area contributed by atoms with E-state index >= 15 is 0 Å². The number of rotatable bonds is 3. The van der Waals surface area contributed by atoms with Gasteiger partial charge in [-0.05, 0) is 19.3 Å². The largest absolute Gasteiger partial charge is 0.352 e. The van der Waals surface area contributed by atoms with Gasteiger partial charge in [0.25, 0.3) is 0 Å². The van der Waals surface area contributed by atoms with Gasteiger partial charge < -0.3 is 10.6 Å². The van der Waals surface area contributed by atoms with E-state index in [9.17, 15) is 4.79 Å². The van der Waals surface area contributed by atoms with Crippen LogP contribution in [0.1, 0.15) is 38.5 Å². The maximum absolute atomic E-state index is 12.0. The summed E-state index contributed by atoms with van der Waals surface area (Å²) in [6.45, 7) is 2.74. The van der Waals surface area contributed by atoms with Gasteiger partial charge in [0.05, 0.1) is 6.54 Å². The third kappa shape index (κ3) is 2.63. The normalized spacial score (nSPS) is 34.1. The molecule has 2 bridgehead atoms. The molecule has 2 atom stereocenters. The molecule has 3 aliphatic rings. The van der Waals surface area contributed by atoms with Crippen molar-refractivity contribution in [2.75, 3.05) is 19.6 Å². The summed E-state index contributed by atoms with van der Waals surface area (Å²) < 4.78 is 0. The molecule has 1 amide bonds. The second-order valence-electron chi connectivity index (χ2n) is 5.83. The lowest BCUT2D eigenvalue weighted by Crippen LogP contribution is -2.49. The van der Waals surface area contributed by atoms with Crippen molar-refractivity contribution < 1.29 is 4.79 Å². The Morgan fingerprint density at radius 3 is 2.76 bits per heavy atom. The van der Waals surface area contributed by atoms with Crippen LogP contribution in [0.3, 0.4) is 0 Å². The van der Waals surface area contributed by atoms with Gasteiger partial charge in [-0.25, -0.2) is 0 Å². The van der Waals surface area contributed by atoms with Gasteiger partial charge in [0.1, 0.15) is 0 Å². The zero-order valence-corrected chi connectivity index (χ0v) is 10.5. The zero-order valence-electron chi connectivity index (χ0n) is 10.5. The Labute approximate surface area is 103 Å². The molecule has 0 aromatic heterocycles. The molecule has 3 rings (SSSR count). The number of amides is 1. The van der Waals surface area contributed by atoms with Gasteiger partial charge in [-0.15, -0.1) is 0 Å². The lowest BCUT2D eigenvalue weighted by atomic mass is 9.95. The summed E-state index contributed by atoms with van der Waals surface area (Å²) >= 11 is 0. The molecule has 1 aliphatic carbocycles. The fourth-order valence-electron chi connectivity index (χ4n) is 3.55. The van der Waals surface area contributed by atoms with E-state index in [0.29, 0.717) is 24.7 Å². The molecule has 0 unspecified atom stereocenters. The third-order valence-electron chi connectivity index (χ3n) is 4.49. The molecule has 0 spiro atoms. The van der Waals surface area contributed by atoms with Crippen LogP contribution in [-0.2, 0) is 4.79 Å². The molecular formula is C13H23N3O. The van der Waals surface area contributed by atoms with Crippen LogP contribution in [0.4, 0.5) is 0 Å². The Kier molecular flexibility index (Phi) is 3.34. The second-order valence-corrected chi connectivity index (χ2v) is 5.83. The van der Waals surface area contributed by atoms with E-state index in [0.717, 1.165) is 13.1 Å². The Hall–Kier alpha value is -0.610. The SMILES string of the molecule is O=C(CN1C[C@@H]2C[C@@H]1CN2)NC1CCCCC1. The molecule has 2 heterocycles. The van der Waals surface area contributed by atoms with E-state index in [1.165, 1.54) is 38.5 Å². The summed E-state index contributed by atoms with van der Waals surface area (Å²) in [5.41, 5.74) is 0. The van der Waals surface area contributed by atoms with Gasteiger partial charge in [-0.1, -0.05) is 19.3 Å². The first-order valence-electron chi connectivity index (χ1n) is 7.08. The molecule has 0 aromatic carbocycles. The summed E-state index contributed by atoms with van der Waals surface area (Å²) in [6, 6.07) is 1.70. The van der Waals surface area contributed by atoms with Gasteiger partial charge in [0.15, 0.2) is 0 Å². The van der Waals surface area contributed by atoms with E-state index in [1.807, 2.05) is 0 Å². The van der Waals surface area contributed by atoms with Crippen LogP contribution in [0.2, 0.25) is 0 Å². The number of carbonyl (C=O) groups excluding carboxylic acids is 1. The number of hydrogen-bond acceptors (Lipinski definition) is 3. The molecule has 0 aromatic rings. The second kappa shape index (κ2) is 4.94. The van der Waals surface area contributed by atoms with E-state index in [-0.39, 0.29) is 5.91 Å². The molecule has 4 nitrogen and oxygen atoms in total. The van der Waals surface area contributed by atoms with Crippen molar-refractivity contribution in [2.24, 2.45) is 0 Å². The highest BCUT2D eigenvalue weighted by Crippen LogP contribution is 2.22. The number of likely N-dealkylation sites (tertiary alicyclic amines) is 1.